The maximum Gasteiger partial charge on any atom is 0.222 e. The lowest BCUT2D eigenvalue weighted by molar-refractivity contribution is -0.198. The van der Waals surface area contributed by atoms with Gasteiger partial charge in [0, 0.05) is 32.4 Å². The van der Waals surface area contributed by atoms with E-state index < -0.39 is 5.79 Å². The Balaban J connectivity index is 1.87. The number of nitrogens with zero attached hydrogens (tertiary/aromatic N) is 1. The zero-order chi connectivity index (χ0) is 17.1. The van der Waals surface area contributed by atoms with Gasteiger partial charge in [-0.2, -0.15) is 0 Å². The standard InChI is InChI=1S/C18H33NO4/c1-5-16(21)19(10-11-20)12-15-13-22-18(23-15)8-6-14(7-9-18)17(2,3)4/h14-15,20H,5-13H2,1-4H3. The summed E-state index contributed by atoms with van der Waals surface area (Å²) in [4.78, 5) is 13.6. The first-order valence-electron chi connectivity index (χ1n) is 9.00. The molecule has 2 rings (SSSR count). The summed E-state index contributed by atoms with van der Waals surface area (Å²) in [6, 6.07) is 0. The van der Waals surface area contributed by atoms with Crippen molar-refractivity contribution in [3.63, 3.8) is 0 Å². The molecule has 2 aliphatic rings. The van der Waals surface area contributed by atoms with Crippen molar-refractivity contribution < 1.29 is 19.4 Å². The van der Waals surface area contributed by atoms with E-state index in [2.05, 4.69) is 20.8 Å². The molecule has 5 heteroatoms. The minimum Gasteiger partial charge on any atom is -0.395 e. The Hall–Kier alpha value is -0.650. The number of amides is 1. The maximum atomic E-state index is 11.9. The molecule has 1 saturated carbocycles. The molecule has 1 unspecified atom stereocenters. The summed E-state index contributed by atoms with van der Waals surface area (Å²) in [5.74, 6) is 0.332. The van der Waals surface area contributed by atoms with Gasteiger partial charge in [0.25, 0.3) is 0 Å². The lowest BCUT2D eigenvalue weighted by atomic mass is 9.71. The minimum atomic E-state index is -0.438. The Morgan fingerprint density at radius 2 is 1.96 bits per heavy atom. The van der Waals surface area contributed by atoms with Gasteiger partial charge in [0.2, 0.25) is 5.91 Å². The number of carbonyl (C=O) groups is 1. The number of aliphatic hydroxyl groups is 1. The Morgan fingerprint density at radius 1 is 1.30 bits per heavy atom. The molecule has 1 atom stereocenters. The molecule has 1 aliphatic carbocycles. The third-order valence-electron chi connectivity index (χ3n) is 5.33. The third kappa shape index (κ3) is 4.68. The summed E-state index contributed by atoms with van der Waals surface area (Å²) in [6.45, 7) is 10.2. The summed E-state index contributed by atoms with van der Waals surface area (Å²) in [7, 11) is 0. The first kappa shape index (κ1) is 18.7. The van der Waals surface area contributed by atoms with Crippen LogP contribution in [0.2, 0.25) is 0 Å². The molecular formula is C18H33NO4. The molecule has 0 aromatic rings. The van der Waals surface area contributed by atoms with Crippen molar-refractivity contribution >= 4 is 5.91 Å². The first-order chi connectivity index (χ1) is 10.8. The molecule has 1 aliphatic heterocycles. The quantitative estimate of drug-likeness (QED) is 0.843. The van der Waals surface area contributed by atoms with Crippen molar-refractivity contribution in [2.45, 2.75) is 71.7 Å². The third-order valence-corrected chi connectivity index (χ3v) is 5.33. The van der Waals surface area contributed by atoms with Gasteiger partial charge < -0.3 is 19.5 Å². The molecule has 1 saturated heterocycles. The molecule has 1 heterocycles. The molecule has 1 amide bonds. The molecule has 0 bridgehead atoms. The van der Waals surface area contributed by atoms with Gasteiger partial charge in [0.15, 0.2) is 5.79 Å². The predicted octanol–water partition coefficient (Wildman–Crippen LogP) is 2.57. The van der Waals surface area contributed by atoms with Crippen molar-refractivity contribution in [2.75, 3.05) is 26.3 Å². The van der Waals surface area contributed by atoms with Crippen molar-refractivity contribution in [1.82, 2.24) is 4.90 Å². The van der Waals surface area contributed by atoms with E-state index in [-0.39, 0.29) is 18.6 Å². The smallest absolute Gasteiger partial charge is 0.222 e. The molecule has 0 radical (unpaired) electrons. The van der Waals surface area contributed by atoms with E-state index in [1.54, 1.807) is 4.90 Å². The number of carbonyl (C=O) groups excluding carboxylic acids is 1. The highest BCUT2D eigenvalue weighted by molar-refractivity contribution is 5.75. The highest BCUT2D eigenvalue weighted by Crippen LogP contribution is 2.45. The SMILES string of the molecule is CCC(=O)N(CCO)CC1COC2(CCC(C(C)(C)C)CC2)O1. The van der Waals surface area contributed by atoms with E-state index in [9.17, 15) is 4.79 Å². The molecular weight excluding hydrogens is 294 g/mol. The summed E-state index contributed by atoms with van der Waals surface area (Å²) >= 11 is 0. The highest BCUT2D eigenvalue weighted by atomic mass is 16.7. The van der Waals surface area contributed by atoms with Crippen LogP contribution in [0.15, 0.2) is 0 Å². The number of rotatable bonds is 5. The van der Waals surface area contributed by atoms with Gasteiger partial charge in [-0.15, -0.1) is 0 Å². The van der Waals surface area contributed by atoms with Crippen molar-refractivity contribution in [3.05, 3.63) is 0 Å². The fraction of sp³-hybridized carbons (Fsp3) is 0.944. The van der Waals surface area contributed by atoms with E-state index in [0.717, 1.165) is 25.7 Å². The lowest BCUT2D eigenvalue weighted by Crippen LogP contribution is -2.42. The summed E-state index contributed by atoms with van der Waals surface area (Å²) in [5, 5.41) is 9.14. The molecule has 1 N–H and O–H groups in total. The second kappa shape index (κ2) is 7.49. The predicted molar refractivity (Wildman–Crippen MR) is 88.9 cm³/mol. The summed E-state index contributed by atoms with van der Waals surface area (Å²) in [6.07, 6.45) is 4.50. The van der Waals surface area contributed by atoms with E-state index >= 15 is 0 Å². The van der Waals surface area contributed by atoms with Crippen molar-refractivity contribution in [2.24, 2.45) is 11.3 Å². The molecule has 0 aromatic heterocycles. The Bertz CT molecular complexity index is 396. The van der Waals surface area contributed by atoms with Crippen LogP contribution in [-0.2, 0) is 14.3 Å². The second-order valence-electron chi connectivity index (χ2n) is 8.02. The van der Waals surface area contributed by atoms with Gasteiger partial charge in [0.1, 0.15) is 6.10 Å². The molecule has 1 spiro atoms. The van der Waals surface area contributed by atoms with Crippen LogP contribution < -0.4 is 0 Å². The Morgan fingerprint density at radius 3 is 2.48 bits per heavy atom. The molecule has 0 aromatic carbocycles. The number of aliphatic hydroxyl groups excluding tert-OH is 1. The molecule has 134 valence electrons. The van der Waals surface area contributed by atoms with Gasteiger partial charge >= 0.3 is 0 Å². The maximum absolute atomic E-state index is 11.9. The largest absolute Gasteiger partial charge is 0.395 e. The highest BCUT2D eigenvalue weighted by Gasteiger charge is 2.46. The summed E-state index contributed by atoms with van der Waals surface area (Å²) < 4.78 is 12.2. The van der Waals surface area contributed by atoms with E-state index in [1.807, 2.05) is 6.92 Å². The van der Waals surface area contributed by atoms with E-state index in [1.165, 1.54) is 0 Å². The van der Waals surface area contributed by atoms with Crippen LogP contribution in [0.1, 0.15) is 59.8 Å². The number of ether oxygens (including phenoxy) is 2. The van der Waals surface area contributed by atoms with Gasteiger partial charge in [0.05, 0.1) is 13.2 Å². The molecule has 5 nitrogen and oxygen atoms in total. The normalized spacial score (nSPS) is 31.5. The fourth-order valence-electron chi connectivity index (χ4n) is 3.80. The zero-order valence-corrected chi connectivity index (χ0v) is 15.1. The van der Waals surface area contributed by atoms with Gasteiger partial charge in [-0.1, -0.05) is 27.7 Å². The fourth-order valence-corrected chi connectivity index (χ4v) is 3.80. The zero-order valence-electron chi connectivity index (χ0n) is 15.1. The van der Waals surface area contributed by atoms with Crippen LogP contribution >= 0.6 is 0 Å². The van der Waals surface area contributed by atoms with Crippen LogP contribution in [-0.4, -0.2) is 54.1 Å². The van der Waals surface area contributed by atoms with Crippen molar-refractivity contribution in [1.29, 1.82) is 0 Å². The topological polar surface area (TPSA) is 59.0 Å². The second-order valence-corrected chi connectivity index (χ2v) is 8.02. The lowest BCUT2D eigenvalue weighted by Gasteiger charge is -2.41. The molecule has 2 fully saturated rings. The van der Waals surface area contributed by atoms with Crippen LogP contribution in [0, 0.1) is 11.3 Å². The average Bonchev–Trinajstić information content (AvgIpc) is 2.88. The summed E-state index contributed by atoms with van der Waals surface area (Å²) in [5.41, 5.74) is 0.338. The van der Waals surface area contributed by atoms with Gasteiger partial charge in [-0.25, -0.2) is 0 Å². The number of hydrogen-bond acceptors (Lipinski definition) is 4. The monoisotopic (exact) mass is 327 g/mol. The van der Waals surface area contributed by atoms with Crippen LogP contribution in [0.3, 0.4) is 0 Å². The van der Waals surface area contributed by atoms with Gasteiger partial charge in [-0.05, 0) is 24.2 Å². The van der Waals surface area contributed by atoms with Crippen molar-refractivity contribution in [3.8, 4) is 0 Å². The molecule has 23 heavy (non-hydrogen) atoms. The van der Waals surface area contributed by atoms with E-state index in [0.29, 0.717) is 37.5 Å². The van der Waals surface area contributed by atoms with Gasteiger partial charge in [-0.3, -0.25) is 4.79 Å². The Kier molecular flexibility index (Phi) is 6.09. The minimum absolute atomic E-state index is 0.0161. The van der Waals surface area contributed by atoms with E-state index in [4.69, 9.17) is 14.6 Å². The number of hydrogen-bond donors (Lipinski definition) is 1. The average molecular weight is 327 g/mol. The Labute approximate surface area is 140 Å². The van der Waals surface area contributed by atoms with Crippen LogP contribution in [0.4, 0.5) is 0 Å². The first-order valence-corrected chi connectivity index (χ1v) is 9.00. The van der Waals surface area contributed by atoms with Crippen LogP contribution in [0.25, 0.3) is 0 Å². The van der Waals surface area contributed by atoms with Crippen LogP contribution in [0.5, 0.6) is 0 Å².